The highest BCUT2D eigenvalue weighted by Gasteiger charge is 2.35. The Hall–Kier alpha value is -4.11. The fourth-order valence-electron chi connectivity index (χ4n) is 3.43. The summed E-state index contributed by atoms with van der Waals surface area (Å²) >= 11 is 0.848. The fourth-order valence-corrected chi connectivity index (χ4v) is 4.27. The minimum atomic E-state index is -0.500. The number of rotatable bonds is 8. The molecule has 0 bridgehead atoms. The monoisotopic (exact) mass is 490 g/mol. The van der Waals surface area contributed by atoms with Crippen LogP contribution in [0.3, 0.4) is 0 Å². The Bertz CT molecular complexity index is 1300. The van der Waals surface area contributed by atoms with E-state index in [1.54, 1.807) is 24.3 Å². The first-order chi connectivity index (χ1) is 16.8. The van der Waals surface area contributed by atoms with Crippen molar-refractivity contribution in [2.45, 2.75) is 20.1 Å². The SMILES string of the molecule is COc1cc(C=C2SC(=O)N(Cc3ccc([N+](=O)[O-])cc3)C2=O)ccc1OCc1ccc(C)cc1. The van der Waals surface area contributed by atoms with E-state index in [4.69, 9.17) is 9.47 Å². The number of hydrogen-bond acceptors (Lipinski definition) is 7. The molecule has 0 radical (unpaired) electrons. The van der Waals surface area contributed by atoms with Crippen LogP contribution in [0.25, 0.3) is 6.08 Å². The molecule has 0 aliphatic carbocycles. The van der Waals surface area contributed by atoms with Gasteiger partial charge in [0.05, 0.1) is 23.5 Å². The largest absolute Gasteiger partial charge is 0.493 e. The summed E-state index contributed by atoms with van der Waals surface area (Å²) in [4.78, 5) is 37.0. The Balaban J connectivity index is 1.46. The van der Waals surface area contributed by atoms with E-state index < -0.39 is 16.1 Å². The zero-order chi connectivity index (χ0) is 24.9. The molecule has 1 heterocycles. The number of non-ortho nitro benzene ring substituents is 1. The zero-order valence-electron chi connectivity index (χ0n) is 19.1. The maximum Gasteiger partial charge on any atom is 0.293 e. The minimum absolute atomic E-state index is 0.0368. The molecule has 3 aromatic rings. The molecule has 0 spiro atoms. The lowest BCUT2D eigenvalue weighted by molar-refractivity contribution is -0.384. The van der Waals surface area contributed by atoms with Crippen LogP contribution in [0.15, 0.2) is 71.6 Å². The van der Waals surface area contributed by atoms with E-state index in [9.17, 15) is 19.7 Å². The quantitative estimate of drug-likeness (QED) is 0.226. The molecule has 0 saturated carbocycles. The third-order valence-electron chi connectivity index (χ3n) is 5.36. The number of hydrogen-bond donors (Lipinski definition) is 0. The molecule has 0 aromatic heterocycles. The third kappa shape index (κ3) is 5.70. The summed E-state index contributed by atoms with van der Waals surface area (Å²) in [6.07, 6.45) is 1.63. The van der Waals surface area contributed by atoms with Crippen LogP contribution in [0.1, 0.15) is 22.3 Å². The second-order valence-corrected chi connectivity index (χ2v) is 8.87. The number of carbonyl (C=O) groups is 2. The Labute approximate surface area is 206 Å². The fraction of sp³-hybridized carbons (Fsp3) is 0.154. The topological polar surface area (TPSA) is 99.0 Å². The van der Waals surface area contributed by atoms with Crippen LogP contribution in [0.4, 0.5) is 10.5 Å². The van der Waals surface area contributed by atoms with Crippen molar-refractivity contribution in [3.63, 3.8) is 0 Å². The van der Waals surface area contributed by atoms with E-state index in [1.165, 1.54) is 36.9 Å². The second-order valence-electron chi connectivity index (χ2n) is 7.88. The van der Waals surface area contributed by atoms with Crippen LogP contribution >= 0.6 is 11.8 Å². The van der Waals surface area contributed by atoms with Gasteiger partial charge in [0.25, 0.3) is 16.8 Å². The first-order valence-corrected chi connectivity index (χ1v) is 11.5. The zero-order valence-corrected chi connectivity index (χ0v) is 19.9. The Morgan fingerprint density at radius 2 is 1.66 bits per heavy atom. The Kier molecular flexibility index (Phi) is 7.17. The molecule has 8 nitrogen and oxygen atoms in total. The van der Waals surface area contributed by atoms with Crippen molar-refractivity contribution in [2.24, 2.45) is 0 Å². The highest BCUT2D eigenvalue weighted by Crippen LogP contribution is 2.35. The molecule has 35 heavy (non-hydrogen) atoms. The molecule has 9 heteroatoms. The molecule has 178 valence electrons. The number of carbonyl (C=O) groups excluding carboxylic acids is 2. The number of imide groups is 1. The molecular formula is C26H22N2O6S. The van der Waals surface area contributed by atoms with Gasteiger partial charge < -0.3 is 9.47 Å². The number of methoxy groups -OCH3 is 1. The molecule has 3 aromatic carbocycles. The van der Waals surface area contributed by atoms with Crippen molar-refractivity contribution < 1.29 is 24.0 Å². The summed E-state index contributed by atoms with van der Waals surface area (Å²) in [5.74, 6) is 0.657. The van der Waals surface area contributed by atoms with E-state index in [-0.39, 0.29) is 17.1 Å². The number of nitro benzene ring substituents is 1. The van der Waals surface area contributed by atoms with Gasteiger partial charge in [-0.2, -0.15) is 0 Å². The Morgan fingerprint density at radius 1 is 0.971 bits per heavy atom. The number of nitrogens with zero attached hydrogens (tertiary/aromatic N) is 2. The number of aryl methyl sites for hydroxylation is 1. The average Bonchev–Trinajstić information content (AvgIpc) is 3.11. The van der Waals surface area contributed by atoms with Crippen LogP contribution < -0.4 is 9.47 Å². The number of benzene rings is 3. The van der Waals surface area contributed by atoms with E-state index in [0.717, 1.165) is 22.2 Å². The highest BCUT2D eigenvalue weighted by atomic mass is 32.2. The van der Waals surface area contributed by atoms with Crippen LogP contribution in [-0.2, 0) is 17.9 Å². The molecule has 0 unspecified atom stereocenters. The van der Waals surface area contributed by atoms with Gasteiger partial charge in [-0.05, 0) is 53.6 Å². The van der Waals surface area contributed by atoms with Gasteiger partial charge in [0.15, 0.2) is 11.5 Å². The van der Waals surface area contributed by atoms with Crippen LogP contribution in [0.5, 0.6) is 11.5 Å². The van der Waals surface area contributed by atoms with Gasteiger partial charge in [0, 0.05) is 12.1 Å². The lowest BCUT2D eigenvalue weighted by Crippen LogP contribution is -2.27. The van der Waals surface area contributed by atoms with Crippen molar-refractivity contribution in [1.29, 1.82) is 0 Å². The van der Waals surface area contributed by atoms with E-state index in [2.05, 4.69) is 0 Å². The summed E-state index contributed by atoms with van der Waals surface area (Å²) in [6.45, 7) is 2.45. The molecule has 0 N–H and O–H groups in total. The normalized spacial score (nSPS) is 14.5. The predicted octanol–water partition coefficient (Wildman–Crippen LogP) is 5.73. The van der Waals surface area contributed by atoms with Gasteiger partial charge in [0.2, 0.25) is 0 Å². The first-order valence-electron chi connectivity index (χ1n) is 10.7. The van der Waals surface area contributed by atoms with Gasteiger partial charge in [-0.1, -0.05) is 48.0 Å². The van der Waals surface area contributed by atoms with E-state index in [1.807, 2.05) is 31.2 Å². The van der Waals surface area contributed by atoms with Gasteiger partial charge in [-0.3, -0.25) is 24.6 Å². The standard InChI is InChI=1S/C26H22N2O6S/c1-17-3-5-19(6-4-17)16-34-22-12-9-20(13-23(22)33-2)14-24-25(29)27(26(30)35-24)15-18-7-10-21(11-8-18)28(31)32/h3-14H,15-16H2,1-2H3. The maximum absolute atomic E-state index is 12.9. The highest BCUT2D eigenvalue weighted by molar-refractivity contribution is 8.18. The van der Waals surface area contributed by atoms with Crippen molar-refractivity contribution in [1.82, 2.24) is 4.90 Å². The summed E-state index contributed by atoms with van der Waals surface area (Å²) in [7, 11) is 1.54. The number of nitro groups is 1. The van der Waals surface area contributed by atoms with Crippen LogP contribution in [0, 0.1) is 17.0 Å². The van der Waals surface area contributed by atoms with E-state index >= 15 is 0 Å². The predicted molar refractivity (Wildman–Crippen MR) is 133 cm³/mol. The summed E-state index contributed by atoms with van der Waals surface area (Å²) in [5.41, 5.74) is 3.46. The van der Waals surface area contributed by atoms with Crippen molar-refractivity contribution >= 4 is 34.7 Å². The maximum atomic E-state index is 12.9. The Morgan fingerprint density at radius 3 is 2.31 bits per heavy atom. The molecule has 1 saturated heterocycles. The van der Waals surface area contributed by atoms with Crippen LogP contribution in [0.2, 0.25) is 0 Å². The van der Waals surface area contributed by atoms with E-state index in [0.29, 0.717) is 29.2 Å². The van der Waals surface area contributed by atoms with Gasteiger partial charge in [-0.25, -0.2) is 0 Å². The van der Waals surface area contributed by atoms with Crippen LogP contribution in [-0.4, -0.2) is 28.1 Å². The van der Waals surface area contributed by atoms with Crippen molar-refractivity contribution in [2.75, 3.05) is 7.11 Å². The summed E-state index contributed by atoms with van der Waals surface area (Å²) in [6, 6.07) is 19.1. The smallest absolute Gasteiger partial charge is 0.293 e. The number of ether oxygens (including phenoxy) is 2. The lowest BCUT2D eigenvalue weighted by Gasteiger charge is -2.12. The first kappa shape index (κ1) is 24.0. The summed E-state index contributed by atoms with van der Waals surface area (Å²) in [5, 5.41) is 10.4. The second kappa shape index (κ2) is 10.4. The number of thioether (sulfide) groups is 1. The molecule has 1 aliphatic heterocycles. The molecule has 1 aliphatic rings. The van der Waals surface area contributed by atoms with Gasteiger partial charge >= 0.3 is 0 Å². The number of amides is 2. The average molecular weight is 491 g/mol. The minimum Gasteiger partial charge on any atom is -0.493 e. The lowest BCUT2D eigenvalue weighted by atomic mass is 10.1. The van der Waals surface area contributed by atoms with Gasteiger partial charge in [-0.15, -0.1) is 0 Å². The summed E-state index contributed by atoms with van der Waals surface area (Å²) < 4.78 is 11.4. The molecule has 4 rings (SSSR count). The van der Waals surface area contributed by atoms with Crippen molar-refractivity contribution in [3.05, 3.63) is 104 Å². The third-order valence-corrected chi connectivity index (χ3v) is 6.27. The van der Waals surface area contributed by atoms with Crippen molar-refractivity contribution in [3.8, 4) is 11.5 Å². The molecule has 0 atom stereocenters. The molecule has 1 fully saturated rings. The van der Waals surface area contributed by atoms with Gasteiger partial charge in [0.1, 0.15) is 6.61 Å². The molecule has 2 amide bonds. The molecular weight excluding hydrogens is 468 g/mol.